The number of nitrogens with one attached hydrogen (secondary N) is 1. The van der Waals surface area contributed by atoms with Crippen LogP contribution in [0.15, 0.2) is 59.7 Å². The first kappa shape index (κ1) is 16.5. The quantitative estimate of drug-likeness (QED) is 0.425. The molecule has 3 rings (SSSR count). The van der Waals surface area contributed by atoms with Crippen LogP contribution in [0, 0.1) is 0 Å². The SMILES string of the molecule is [N-]=C=C(C(=O)CCC[n+]1ccccc1)c1nc2ccccc2c(=O)[nH]1. The zero-order chi connectivity index (χ0) is 17.6. The summed E-state index contributed by atoms with van der Waals surface area (Å²) in [5.41, 5.74) is -0.0106. The van der Waals surface area contributed by atoms with Crippen molar-refractivity contribution in [2.75, 3.05) is 0 Å². The lowest BCUT2D eigenvalue weighted by molar-refractivity contribution is -0.697. The predicted molar refractivity (Wildman–Crippen MR) is 95.0 cm³/mol. The van der Waals surface area contributed by atoms with Gasteiger partial charge in [-0.2, -0.15) is 0 Å². The van der Waals surface area contributed by atoms with Gasteiger partial charge >= 0.3 is 0 Å². The Morgan fingerprint density at radius 2 is 1.92 bits per heavy atom. The highest BCUT2D eigenvalue weighted by Crippen LogP contribution is 2.13. The molecule has 124 valence electrons. The molecule has 0 saturated heterocycles. The van der Waals surface area contributed by atoms with Gasteiger partial charge < -0.3 is 10.4 Å². The van der Waals surface area contributed by atoms with Gasteiger partial charge in [-0.3, -0.25) is 15.5 Å². The lowest BCUT2D eigenvalue weighted by Crippen LogP contribution is -2.32. The number of nitrogens with zero attached hydrogens (tertiary/aromatic N) is 3. The number of rotatable bonds is 6. The average molecular weight is 332 g/mol. The number of fused-ring (bicyclic) bond motifs is 1. The van der Waals surface area contributed by atoms with Crippen molar-refractivity contribution < 1.29 is 9.36 Å². The van der Waals surface area contributed by atoms with Crippen LogP contribution < -0.4 is 10.1 Å². The Morgan fingerprint density at radius 3 is 2.68 bits per heavy atom. The summed E-state index contributed by atoms with van der Waals surface area (Å²) in [6, 6.07) is 12.6. The van der Waals surface area contributed by atoms with Crippen LogP contribution in [0.25, 0.3) is 21.9 Å². The summed E-state index contributed by atoms with van der Waals surface area (Å²) in [6.45, 7) is 0.674. The molecule has 0 aliphatic carbocycles. The third kappa shape index (κ3) is 3.76. The number of ketones is 1. The molecule has 2 aromatic heterocycles. The van der Waals surface area contributed by atoms with Crippen molar-refractivity contribution in [2.24, 2.45) is 0 Å². The average Bonchev–Trinajstić information content (AvgIpc) is 2.63. The monoisotopic (exact) mass is 332 g/mol. The molecule has 0 radical (unpaired) electrons. The molecule has 1 N–H and O–H groups in total. The fourth-order valence-corrected chi connectivity index (χ4v) is 2.58. The minimum atomic E-state index is -0.360. The number of carbonyl (C=O) groups excluding carboxylic acids is 1. The van der Waals surface area contributed by atoms with Gasteiger partial charge in [-0.05, 0) is 12.1 Å². The van der Waals surface area contributed by atoms with Crippen LogP contribution >= 0.6 is 0 Å². The molecule has 0 bridgehead atoms. The minimum absolute atomic E-state index is 0.0311. The first-order chi connectivity index (χ1) is 12.2. The smallest absolute Gasteiger partial charge is 0.259 e. The second kappa shape index (κ2) is 7.47. The number of para-hydroxylation sites is 1. The standard InChI is InChI=1S/C19H16N4O2/c20-13-15(17(24)9-6-12-23-10-4-1-5-11-23)18-21-16-8-3-2-7-14(16)19(25)22-18/h1-5,7-8,10-11H,6,9,12H2,(H,21,22,25). The van der Waals surface area contributed by atoms with Gasteiger partial charge in [0.05, 0.1) is 16.5 Å². The van der Waals surface area contributed by atoms with Crippen molar-refractivity contribution in [2.45, 2.75) is 19.4 Å². The van der Waals surface area contributed by atoms with Crippen molar-refractivity contribution in [1.29, 1.82) is 0 Å². The number of carbonyl (C=O) groups is 1. The van der Waals surface area contributed by atoms with E-state index in [1.807, 2.05) is 41.0 Å². The minimum Gasteiger partial charge on any atom is -0.763 e. The third-order valence-electron chi connectivity index (χ3n) is 3.84. The highest BCUT2D eigenvalue weighted by molar-refractivity contribution is 6.28. The first-order valence-electron chi connectivity index (χ1n) is 7.93. The lowest BCUT2D eigenvalue weighted by atomic mass is 10.1. The number of aryl methyl sites for hydroxylation is 1. The van der Waals surface area contributed by atoms with Crippen molar-refractivity contribution in [1.82, 2.24) is 9.97 Å². The van der Waals surface area contributed by atoms with Gasteiger partial charge in [0.1, 0.15) is 12.4 Å². The number of H-pyrrole nitrogens is 1. The van der Waals surface area contributed by atoms with E-state index in [0.29, 0.717) is 23.9 Å². The molecule has 2 heterocycles. The maximum absolute atomic E-state index is 12.4. The van der Waals surface area contributed by atoms with Crippen LogP contribution in [0.5, 0.6) is 0 Å². The lowest BCUT2D eigenvalue weighted by Gasteiger charge is -2.06. The molecule has 6 nitrogen and oxygen atoms in total. The number of hydrogen-bond acceptors (Lipinski definition) is 3. The summed E-state index contributed by atoms with van der Waals surface area (Å²) in [4.78, 5) is 31.3. The number of hydrogen-bond donors (Lipinski definition) is 1. The van der Waals surface area contributed by atoms with E-state index in [9.17, 15) is 15.0 Å². The summed E-state index contributed by atoms with van der Waals surface area (Å²) in [6.07, 6.45) is 4.64. The van der Waals surface area contributed by atoms with E-state index in [0.717, 1.165) is 0 Å². The number of Topliss-reactive ketones (excluding diaryl/α,β-unsaturated/α-hetero) is 1. The van der Waals surface area contributed by atoms with Crippen molar-refractivity contribution in [3.8, 4) is 0 Å². The summed E-state index contributed by atoms with van der Waals surface area (Å²) < 4.78 is 1.97. The molecular formula is C19H16N4O2. The van der Waals surface area contributed by atoms with Crippen molar-refractivity contribution >= 4 is 28.1 Å². The van der Waals surface area contributed by atoms with Crippen LogP contribution in [-0.2, 0) is 11.3 Å². The van der Waals surface area contributed by atoms with Crippen LogP contribution in [0.3, 0.4) is 0 Å². The fraction of sp³-hybridized carbons (Fsp3) is 0.158. The van der Waals surface area contributed by atoms with Crippen LogP contribution in [0.2, 0.25) is 0 Å². The van der Waals surface area contributed by atoms with Crippen LogP contribution in [-0.4, -0.2) is 21.6 Å². The molecule has 0 spiro atoms. The van der Waals surface area contributed by atoms with Gasteiger partial charge in [0, 0.05) is 25.0 Å². The molecule has 0 aliphatic heterocycles. The summed E-state index contributed by atoms with van der Waals surface area (Å²) >= 11 is 0. The summed E-state index contributed by atoms with van der Waals surface area (Å²) in [5, 5.41) is 9.78. The Labute approximate surface area is 144 Å². The Kier molecular flexibility index (Phi) is 4.92. The third-order valence-corrected chi connectivity index (χ3v) is 3.84. The van der Waals surface area contributed by atoms with Crippen molar-refractivity contribution in [3.63, 3.8) is 0 Å². The maximum atomic E-state index is 12.4. The topological polar surface area (TPSA) is 89.0 Å². The highest BCUT2D eigenvalue weighted by Gasteiger charge is 2.15. The number of aromatic amines is 1. The molecule has 1 aromatic carbocycles. The second-order valence-corrected chi connectivity index (χ2v) is 5.56. The molecule has 25 heavy (non-hydrogen) atoms. The fourth-order valence-electron chi connectivity index (χ4n) is 2.58. The number of pyridine rings is 1. The highest BCUT2D eigenvalue weighted by atomic mass is 16.1. The Balaban J connectivity index is 1.77. The van der Waals surface area contributed by atoms with Gasteiger partial charge in [-0.1, -0.05) is 18.2 Å². The Morgan fingerprint density at radius 1 is 1.16 bits per heavy atom. The number of aromatic nitrogens is 3. The van der Waals surface area contributed by atoms with E-state index < -0.39 is 0 Å². The molecule has 0 atom stereocenters. The molecule has 0 aliphatic rings. The zero-order valence-electron chi connectivity index (χ0n) is 13.5. The largest absolute Gasteiger partial charge is 0.763 e. The predicted octanol–water partition coefficient (Wildman–Crippen LogP) is 1.88. The molecule has 0 amide bonds. The van der Waals surface area contributed by atoms with Gasteiger partial charge in [-0.25, -0.2) is 9.55 Å². The number of allylic oxidation sites excluding steroid dienone is 1. The zero-order valence-corrected chi connectivity index (χ0v) is 13.5. The van der Waals surface area contributed by atoms with Gasteiger partial charge in [0.15, 0.2) is 18.2 Å². The van der Waals surface area contributed by atoms with E-state index in [1.54, 1.807) is 24.3 Å². The molecule has 3 aromatic rings. The Bertz CT molecular complexity index is 1020. The molecule has 0 saturated carbocycles. The van der Waals surface area contributed by atoms with E-state index in [-0.39, 0.29) is 29.2 Å². The normalized spacial score (nSPS) is 10.4. The van der Waals surface area contributed by atoms with E-state index in [1.165, 1.54) is 0 Å². The van der Waals surface area contributed by atoms with Gasteiger partial charge in [0.2, 0.25) is 0 Å². The van der Waals surface area contributed by atoms with Crippen molar-refractivity contribution in [3.05, 3.63) is 76.4 Å². The number of benzene rings is 1. The molecular weight excluding hydrogens is 316 g/mol. The molecule has 6 heteroatoms. The summed E-state index contributed by atoms with van der Waals surface area (Å²) in [7, 11) is 0. The second-order valence-electron chi connectivity index (χ2n) is 5.56. The van der Waals surface area contributed by atoms with E-state index >= 15 is 0 Å². The van der Waals surface area contributed by atoms with Crippen LogP contribution in [0.1, 0.15) is 18.7 Å². The Hall–Kier alpha value is -3.37. The van der Waals surface area contributed by atoms with Crippen LogP contribution in [0.4, 0.5) is 0 Å². The molecule has 0 unspecified atom stereocenters. The maximum Gasteiger partial charge on any atom is 0.259 e. The van der Waals surface area contributed by atoms with Gasteiger partial charge in [0.25, 0.3) is 5.56 Å². The van der Waals surface area contributed by atoms with E-state index in [2.05, 4.69) is 9.97 Å². The first-order valence-corrected chi connectivity index (χ1v) is 7.93. The van der Waals surface area contributed by atoms with E-state index in [4.69, 9.17) is 0 Å². The van der Waals surface area contributed by atoms with Gasteiger partial charge in [-0.15, -0.1) is 0 Å². The summed E-state index contributed by atoms with van der Waals surface area (Å²) in [5.74, 6) is 1.60. The molecule has 0 fully saturated rings.